The van der Waals surface area contributed by atoms with Crippen molar-refractivity contribution in [3.05, 3.63) is 102 Å². The van der Waals surface area contributed by atoms with Gasteiger partial charge in [0.05, 0.1) is 6.42 Å². The van der Waals surface area contributed by atoms with Crippen LogP contribution in [0.3, 0.4) is 0 Å². The molecule has 1 heterocycles. The SMILES string of the molecule is O=C(Nc1ccc(-c2noc(Cc3ccccc3)n2)cc1)c1ccc(F)cc1. The third-order valence-corrected chi connectivity index (χ3v) is 4.17. The number of rotatable bonds is 5. The molecule has 0 spiro atoms. The summed E-state index contributed by atoms with van der Waals surface area (Å²) in [5.74, 6) is 0.335. The largest absolute Gasteiger partial charge is 0.339 e. The Hall–Kier alpha value is -3.80. The van der Waals surface area contributed by atoms with E-state index in [0.717, 1.165) is 11.1 Å². The molecule has 1 amide bonds. The molecule has 138 valence electrons. The van der Waals surface area contributed by atoms with E-state index in [1.807, 2.05) is 30.3 Å². The second-order valence-corrected chi connectivity index (χ2v) is 6.21. The van der Waals surface area contributed by atoms with Crippen molar-refractivity contribution in [3.63, 3.8) is 0 Å². The minimum atomic E-state index is -0.382. The molecule has 0 saturated carbocycles. The molecule has 5 nitrogen and oxygen atoms in total. The van der Waals surface area contributed by atoms with E-state index in [0.29, 0.717) is 29.4 Å². The maximum atomic E-state index is 13.0. The van der Waals surface area contributed by atoms with Gasteiger partial charge in [0.25, 0.3) is 5.91 Å². The quantitative estimate of drug-likeness (QED) is 0.550. The number of hydrogen-bond acceptors (Lipinski definition) is 4. The number of nitrogens with zero attached hydrogens (tertiary/aromatic N) is 2. The molecule has 0 bridgehead atoms. The van der Waals surface area contributed by atoms with Crippen LogP contribution in [-0.4, -0.2) is 16.0 Å². The lowest BCUT2D eigenvalue weighted by Gasteiger charge is -2.05. The van der Waals surface area contributed by atoms with Crippen LogP contribution < -0.4 is 5.32 Å². The molecule has 0 unspecified atom stereocenters. The standard InChI is InChI=1S/C22H16FN3O2/c23-18-10-6-17(7-11-18)22(27)24-19-12-8-16(9-13-19)21-25-20(28-26-21)14-15-4-2-1-3-5-15/h1-13H,14H2,(H,24,27). The van der Waals surface area contributed by atoms with E-state index in [1.54, 1.807) is 24.3 Å². The molecule has 0 fully saturated rings. The molecule has 1 N–H and O–H groups in total. The number of carbonyl (C=O) groups is 1. The molecule has 3 aromatic carbocycles. The Morgan fingerprint density at radius 1 is 0.929 bits per heavy atom. The smallest absolute Gasteiger partial charge is 0.255 e. The van der Waals surface area contributed by atoms with E-state index >= 15 is 0 Å². The summed E-state index contributed by atoms with van der Waals surface area (Å²) in [5, 5.41) is 6.79. The molecular formula is C22H16FN3O2. The van der Waals surface area contributed by atoms with Crippen LogP contribution >= 0.6 is 0 Å². The van der Waals surface area contributed by atoms with E-state index in [2.05, 4.69) is 15.5 Å². The van der Waals surface area contributed by atoms with Gasteiger partial charge in [-0.1, -0.05) is 35.5 Å². The average molecular weight is 373 g/mol. The van der Waals surface area contributed by atoms with Crippen LogP contribution in [-0.2, 0) is 6.42 Å². The van der Waals surface area contributed by atoms with Crippen LogP contribution in [0.4, 0.5) is 10.1 Å². The van der Waals surface area contributed by atoms with Gasteiger partial charge in [0, 0.05) is 16.8 Å². The van der Waals surface area contributed by atoms with Crippen molar-refractivity contribution < 1.29 is 13.7 Å². The summed E-state index contributed by atoms with van der Waals surface area (Å²) < 4.78 is 18.3. The highest BCUT2D eigenvalue weighted by molar-refractivity contribution is 6.04. The molecular weight excluding hydrogens is 357 g/mol. The Bertz CT molecular complexity index is 1070. The number of halogens is 1. The minimum Gasteiger partial charge on any atom is -0.339 e. The van der Waals surface area contributed by atoms with E-state index in [9.17, 15) is 9.18 Å². The summed E-state index contributed by atoms with van der Waals surface area (Å²) in [4.78, 5) is 16.6. The Kier molecular flexibility index (Phi) is 4.93. The lowest BCUT2D eigenvalue weighted by molar-refractivity contribution is 0.102. The normalized spacial score (nSPS) is 10.6. The van der Waals surface area contributed by atoms with E-state index in [-0.39, 0.29) is 11.7 Å². The van der Waals surface area contributed by atoms with Gasteiger partial charge in [-0.25, -0.2) is 4.39 Å². The summed E-state index contributed by atoms with van der Waals surface area (Å²) in [7, 11) is 0. The van der Waals surface area contributed by atoms with Crippen LogP contribution in [0, 0.1) is 5.82 Å². The first-order chi connectivity index (χ1) is 13.7. The Balaban J connectivity index is 1.43. The highest BCUT2D eigenvalue weighted by Crippen LogP contribution is 2.20. The predicted octanol–water partition coefficient (Wildman–Crippen LogP) is 4.72. The van der Waals surface area contributed by atoms with Crippen molar-refractivity contribution in [2.24, 2.45) is 0 Å². The van der Waals surface area contributed by atoms with Crippen molar-refractivity contribution in [3.8, 4) is 11.4 Å². The maximum absolute atomic E-state index is 13.0. The zero-order valence-corrected chi connectivity index (χ0v) is 14.8. The Morgan fingerprint density at radius 2 is 1.64 bits per heavy atom. The van der Waals surface area contributed by atoms with Crippen molar-refractivity contribution in [1.29, 1.82) is 0 Å². The van der Waals surface area contributed by atoms with Crippen LogP contribution in [0.25, 0.3) is 11.4 Å². The topological polar surface area (TPSA) is 68.0 Å². The zero-order valence-electron chi connectivity index (χ0n) is 14.8. The molecule has 0 radical (unpaired) electrons. The van der Waals surface area contributed by atoms with Gasteiger partial charge < -0.3 is 9.84 Å². The minimum absolute atomic E-state index is 0.308. The van der Waals surface area contributed by atoms with Gasteiger partial charge in [0.2, 0.25) is 11.7 Å². The third-order valence-electron chi connectivity index (χ3n) is 4.17. The predicted molar refractivity (Wildman–Crippen MR) is 103 cm³/mol. The molecule has 0 atom stereocenters. The summed E-state index contributed by atoms with van der Waals surface area (Å²) >= 11 is 0. The number of anilines is 1. The third kappa shape index (κ3) is 4.12. The Labute approximate surface area is 160 Å². The zero-order chi connectivity index (χ0) is 19.3. The van der Waals surface area contributed by atoms with Crippen molar-refractivity contribution >= 4 is 11.6 Å². The summed E-state index contributed by atoms with van der Waals surface area (Å²) in [6, 6.07) is 22.4. The number of benzene rings is 3. The first-order valence-corrected chi connectivity index (χ1v) is 8.71. The molecule has 0 aliphatic rings. The number of carbonyl (C=O) groups excluding carboxylic acids is 1. The first kappa shape index (κ1) is 17.6. The fourth-order valence-electron chi connectivity index (χ4n) is 2.72. The van der Waals surface area contributed by atoms with Crippen LogP contribution in [0.15, 0.2) is 83.4 Å². The molecule has 1 aromatic heterocycles. The number of amides is 1. The van der Waals surface area contributed by atoms with Crippen LogP contribution in [0.1, 0.15) is 21.8 Å². The van der Waals surface area contributed by atoms with E-state index < -0.39 is 0 Å². The highest BCUT2D eigenvalue weighted by atomic mass is 19.1. The van der Waals surface area contributed by atoms with Gasteiger partial charge in [-0.15, -0.1) is 0 Å². The summed E-state index contributed by atoms with van der Waals surface area (Å²) in [6.07, 6.45) is 0.569. The van der Waals surface area contributed by atoms with Gasteiger partial charge in [-0.05, 0) is 54.1 Å². The summed E-state index contributed by atoms with van der Waals surface area (Å²) in [5.41, 5.74) is 2.87. The first-order valence-electron chi connectivity index (χ1n) is 8.71. The fourth-order valence-corrected chi connectivity index (χ4v) is 2.72. The van der Waals surface area contributed by atoms with E-state index in [1.165, 1.54) is 24.3 Å². The van der Waals surface area contributed by atoms with Crippen LogP contribution in [0.2, 0.25) is 0 Å². The molecule has 0 aliphatic heterocycles. The van der Waals surface area contributed by atoms with Gasteiger partial charge in [-0.3, -0.25) is 4.79 Å². The molecule has 4 rings (SSSR count). The van der Waals surface area contributed by atoms with Gasteiger partial charge in [-0.2, -0.15) is 4.98 Å². The lowest BCUT2D eigenvalue weighted by atomic mass is 10.1. The monoisotopic (exact) mass is 373 g/mol. The van der Waals surface area contributed by atoms with Crippen molar-refractivity contribution in [1.82, 2.24) is 10.1 Å². The van der Waals surface area contributed by atoms with E-state index in [4.69, 9.17) is 4.52 Å². The van der Waals surface area contributed by atoms with Gasteiger partial charge in [0.15, 0.2) is 0 Å². The molecule has 6 heteroatoms. The highest BCUT2D eigenvalue weighted by Gasteiger charge is 2.10. The Morgan fingerprint density at radius 3 is 2.36 bits per heavy atom. The second kappa shape index (κ2) is 7.84. The second-order valence-electron chi connectivity index (χ2n) is 6.21. The van der Waals surface area contributed by atoms with Gasteiger partial charge in [0.1, 0.15) is 5.82 Å². The average Bonchev–Trinajstić information content (AvgIpc) is 3.18. The van der Waals surface area contributed by atoms with Crippen molar-refractivity contribution in [2.45, 2.75) is 6.42 Å². The fraction of sp³-hybridized carbons (Fsp3) is 0.0455. The van der Waals surface area contributed by atoms with Crippen LogP contribution in [0.5, 0.6) is 0 Å². The maximum Gasteiger partial charge on any atom is 0.255 e. The van der Waals surface area contributed by atoms with Gasteiger partial charge >= 0.3 is 0 Å². The number of nitrogens with one attached hydrogen (secondary N) is 1. The van der Waals surface area contributed by atoms with Crippen molar-refractivity contribution in [2.75, 3.05) is 5.32 Å². The number of aromatic nitrogens is 2. The lowest BCUT2D eigenvalue weighted by Crippen LogP contribution is -2.11. The molecule has 0 saturated heterocycles. The molecule has 4 aromatic rings. The molecule has 28 heavy (non-hydrogen) atoms. The molecule has 0 aliphatic carbocycles. The number of hydrogen-bond donors (Lipinski definition) is 1. The summed E-state index contributed by atoms with van der Waals surface area (Å²) in [6.45, 7) is 0.